The van der Waals surface area contributed by atoms with E-state index in [9.17, 15) is 9.59 Å². The van der Waals surface area contributed by atoms with Crippen molar-refractivity contribution in [3.63, 3.8) is 0 Å². The Kier molecular flexibility index (Phi) is 6.10. The molecule has 0 radical (unpaired) electrons. The summed E-state index contributed by atoms with van der Waals surface area (Å²) in [6.07, 6.45) is 1.72. The van der Waals surface area contributed by atoms with Gasteiger partial charge in [0.1, 0.15) is 34.2 Å². The van der Waals surface area contributed by atoms with Crippen molar-refractivity contribution in [1.82, 2.24) is 0 Å². The van der Waals surface area contributed by atoms with Crippen LogP contribution in [0.1, 0.15) is 64.3 Å². The lowest BCUT2D eigenvalue weighted by Gasteiger charge is -2.06. The second-order valence-electron chi connectivity index (χ2n) is 8.93. The van der Waals surface area contributed by atoms with Gasteiger partial charge in [-0.25, -0.2) is 4.79 Å². The van der Waals surface area contributed by atoms with Crippen molar-refractivity contribution in [2.24, 2.45) is 0 Å². The maximum Gasteiger partial charge on any atom is 0.347 e. The van der Waals surface area contributed by atoms with Crippen molar-refractivity contribution < 1.29 is 28.2 Å². The Morgan fingerprint density at radius 3 is 2.47 bits per heavy atom. The Morgan fingerprint density at radius 1 is 1.00 bits per heavy atom. The van der Waals surface area contributed by atoms with Crippen molar-refractivity contribution in [3.05, 3.63) is 94.4 Å². The third-order valence-corrected chi connectivity index (χ3v) is 6.10. The molecule has 0 atom stereocenters. The predicted octanol–water partition coefficient (Wildman–Crippen LogP) is 7.10. The normalized spacial score (nSPS) is 13.8. The first-order valence-electron chi connectivity index (χ1n) is 11.9. The molecule has 0 saturated carbocycles. The number of carbonyl (C=O) groups is 2. The van der Waals surface area contributed by atoms with E-state index in [-0.39, 0.29) is 17.3 Å². The summed E-state index contributed by atoms with van der Waals surface area (Å²) < 4.78 is 22.8. The van der Waals surface area contributed by atoms with E-state index in [1.54, 1.807) is 49.4 Å². The summed E-state index contributed by atoms with van der Waals surface area (Å²) in [4.78, 5) is 25.9. The number of fused-ring (bicyclic) bond motifs is 2. The first-order chi connectivity index (χ1) is 17.3. The molecule has 1 aromatic heterocycles. The molecule has 0 N–H and O–H groups in total. The highest BCUT2D eigenvalue weighted by molar-refractivity contribution is 6.14. The minimum atomic E-state index is -0.565. The fourth-order valence-corrected chi connectivity index (χ4v) is 4.23. The van der Waals surface area contributed by atoms with E-state index in [0.29, 0.717) is 51.9 Å². The number of esters is 1. The fourth-order valence-electron chi connectivity index (χ4n) is 4.23. The number of aryl methyl sites for hydroxylation is 1. The summed E-state index contributed by atoms with van der Waals surface area (Å²) in [6.45, 7) is 8.38. The average molecular weight is 483 g/mol. The lowest BCUT2D eigenvalue weighted by molar-refractivity contribution is 0.0734. The van der Waals surface area contributed by atoms with E-state index in [2.05, 4.69) is 13.8 Å². The van der Waals surface area contributed by atoms with Crippen LogP contribution in [-0.4, -0.2) is 18.4 Å². The van der Waals surface area contributed by atoms with E-state index in [1.165, 1.54) is 5.56 Å². The van der Waals surface area contributed by atoms with Gasteiger partial charge in [0.15, 0.2) is 5.76 Å². The van der Waals surface area contributed by atoms with Gasteiger partial charge in [-0.2, -0.15) is 0 Å². The largest absolute Gasteiger partial charge is 0.494 e. The molecule has 6 heteroatoms. The predicted molar refractivity (Wildman–Crippen MR) is 137 cm³/mol. The average Bonchev–Trinajstić information content (AvgIpc) is 3.34. The van der Waals surface area contributed by atoms with Crippen LogP contribution in [0.3, 0.4) is 0 Å². The molecule has 0 unspecified atom stereocenters. The smallest absolute Gasteiger partial charge is 0.347 e. The van der Waals surface area contributed by atoms with Gasteiger partial charge in [-0.05, 0) is 67.3 Å². The molecule has 6 nitrogen and oxygen atoms in total. The molecule has 3 aromatic carbocycles. The molecule has 1 aliphatic rings. The number of ether oxygens (including phenoxy) is 3. The Labute approximate surface area is 209 Å². The standard InChI is InChI=1S/C30H26O6/c1-5-33-21-11-13-25-24(15-21)28(18(4)34-25)30(32)35-22-10-12-23-26(16-22)36-27(29(23)31)14-19-6-8-20(9-7-19)17(2)3/h6-17H,5H2,1-4H3/b27-14-. The number of allylic oxidation sites excluding steroid dienone is 1. The number of furan rings is 1. The van der Waals surface area contributed by atoms with Gasteiger partial charge >= 0.3 is 5.97 Å². The van der Waals surface area contributed by atoms with Crippen molar-refractivity contribution >= 4 is 28.8 Å². The first kappa shape index (κ1) is 23.4. The fraction of sp³-hybridized carbons (Fsp3) is 0.200. The van der Waals surface area contributed by atoms with Crippen molar-refractivity contribution in [2.45, 2.75) is 33.6 Å². The lowest BCUT2D eigenvalue weighted by atomic mass is 10.0. The van der Waals surface area contributed by atoms with Crippen LogP contribution < -0.4 is 14.2 Å². The van der Waals surface area contributed by atoms with Crippen molar-refractivity contribution in [3.8, 4) is 17.2 Å². The minimum absolute atomic E-state index is 0.212. The van der Waals surface area contributed by atoms with Gasteiger partial charge in [0.05, 0.1) is 12.2 Å². The van der Waals surface area contributed by atoms with Gasteiger partial charge in [-0.15, -0.1) is 0 Å². The second-order valence-corrected chi connectivity index (χ2v) is 8.93. The second kappa shape index (κ2) is 9.38. The molecular formula is C30H26O6. The maximum atomic E-state index is 13.1. The van der Waals surface area contributed by atoms with Crippen LogP contribution in [0.4, 0.5) is 0 Å². The SMILES string of the molecule is CCOc1ccc2oc(C)c(C(=O)Oc3ccc4c(c3)O/C(=C\c3ccc(C(C)C)cc3)C4=O)c2c1. The Balaban J connectivity index is 1.37. The van der Waals surface area contributed by atoms with E-state index >= 15 is 0 Å². The summed E-state index contributed by atoms with van der Waals surface area (Å²) >= 11 is 0. The van der Waals surface area contributed by atoms with Crippen molar-refractivity contribution in [1.29, 1.82) is 0 Å². The number of hydrogen-bond acceptors (Lipinski definition) is 6. The molecule has 0 amide bonds. The molecule has 0 saturated heterocycles. The van der Waals surface area contributed by atoms with Gasteiger partial charge < -0.3 is 18.6 Å². The molecule has 0 aliphatic carbocycles. The van der Waals surface area contributed by atoms with Crippen LogP contribution in [0.5, 0.6) is 17.2 Å². The Morgan fingerprint density at radius 2 is 1.75 bits per heavy atom. The molecular weight excluding hydrogens is 456 g/mol. The quantitative estimate of drug-likeness (QED) is 0.166. The van der Waals surface area contributed by atoms with Crippen LogP contribution in [0.15, 0.2) is 70.8 Å². The number of hydrogen-bond donors (Lipinski definition) is 0. The number of ketones is 1. The summed E-state index contributed by atoms with van der Waals surface area (Å²) in [6, 6.07) is 18.1. The third kappa shape index (κ3) is 4.38. The van der Waals surface area contributed by atoms with Gasteiger partial charge in [0, 0.05) is 11.5 Å². The summed E-state index contributed by atoms with van der Waals surface area (Å²) in [5.74, 6) is 1.59. The first-order valence-corrected chi connectivity index (χ1v) is 11.9. The van der Waals surface area contributed by atoms with Gasteiger partial charge in [-0.3, -0.25) is 4.79 Å². The highest BCUT2D eigenvalue weighted by Gasteiger charge is 2.28. The molecule has 2 heterocycles. The summed E-state index contributed by atoms with van der Waals surface area (Å²) in [5.41, 5.74) is 3.42. The zero-order valence-corrected chi connectivity index (χ0v) is 20.6. The molecule has 0 bridgehead atoms. The zero-order valence-electron chi connectivity index (χ0n) is 20.6. The summed E-state index contributed by atoms with van der Waals surface area (Å²) in [7, 11) is 0. The van der Waals surface area contributed by atoms with Crippen LogP contribution in [-0.2, 0) is 0 Å². The molecule has 182 valence electrons. The molecule has 0 spiro atoms. The highest BCUT2D eigenvalue weighted by Crippen LogP contribution is 2.36. The van der Waals surface area contributed by atoms with Crippen molar-refractivity contribution in [2.75, 3.05) is 6.61 Å². The van der Waals surface area contributed by atoms with Crippen LogP contribution >= 0.6 is 0 Å². The number of Topliss-reactive ketones (excluding diaryl/α,β-unsaturated/α-hetero) is 1. The molecule has 5 rings (SSSR count). The minimum Gasteiger partial charge on any atom is -0.494 e. The maximum absolute atomic E-state index is 13.1. The van der Waals surface area contributed by atoms with Gasteiger partial charge in [-0.1, -0.05) is 38.1 Å². The van der Waals surface area contributed by atoms with E-state index in [1.807, 2.05) is 31.2 Å². The van der Waals surface area contributed by atoms with Crippen LogP contribution in [0.2, 0.25) is 0 Å². The van der Waals surface area contributed by atoms with Crippen LogP contribution in [0, 0.1) is 6.92 Å². The number of rotatable bonds is 6. The monoisotopic (exact) mass is 482 g/mol. The molecule has 36 heavy (non-hydrogen) atoms. The Hall–Kier alpha value is -4.32. The van der Waals surface area contributed by atoms with Crippen LogP contribution in [0.25, 0.3) is 17.0 Å². The summed E-state index contributed by atoms with van der Waals surface area (Å²) in [5, 5.41) is 0.616. The number of benzene rings is 3. The van der Waals surface area contributed by atoms with Gasteiger partial charge in [0.25, 0.3) is 0 Å². The molecule has 1 aliphatic heterocycles. The zero-order chi connectivity index (χ0) is 25.4. The topological polar surface area (TPSA) is 75.0 Å². The highest BCUT2D eigenvalue weighted by atomic mass is 16.5. The third-order valence-electron chi connectivity index (χ3n) is 6.10. The molecule has 4 aromatic rings. The molecule has 0 fully saturated rings. The van der Waals surface area contributed by atoms with E-state index in [4.69, 9.17) is 18.6 Å². The van der Waals surface area contributed by atoms with E-state index < -0.39 is 5.97 Å². The number of carbonyl (C=O) groups excluding carboxylic acids is 2. The Bertz CT molecular complexity index is 1500. The lowest BCUT2D eigenvalue weighted by Crippen LogP contribution is -2.09. The van der Waals surface area contributed by atoms with Gasteiger partial charge in [0.2, 0.25) is 5.78 Å². The van der Waals surface area contributed by atoms with E-state index in [0.717, 1.165) is 5.56 Å².